The first kappa shape index (κ1) is 107. The van der Waals surface area contributed by atoms with Crippen LogP contribution in [0.4, 0.5) is 0 Å². The standard InChI is InChI=1S/C33H27IN4O7.C32H24ClIN4O7.C29H26O9.C13H18N4O4/c1-20-25-27(37-32(34)36-20)38(19-35-25)31-33(2,45-30(41)23-16-10-5-11-17-23)26(44-29(40)22-14-8-4-9-15-22)24(43-31)18-42-28(39)21-12-6-3-7-13-21;1-32(45-29(41)21-15-9-4-10-16-21)24(44-28(40)20-13-7-3-8-14-20)22(17-42-27(39)19-11-5-2-6-12-19)43-30(32)38-18-35-23-25(33)36-31(34)37-26(23)38;1-19(30)35-28-29(2,38-27(33)22-16-10-5-11-17-22)24(37-26(32)21-14-8-4-9-15-21)23(36-28)18-34-25(31)20-12-6-3-7-13-20;1-6-9-11(16-7(2)15-6)17(5-14-9)12-13(3,20)10(19)8(4-18)21-12/h3-17,19,24,26,31H,18H2,1-2H3;2-16,18,22,24,30H,17H2,1H3;3-17,23-24,28H,18H2,1-2H3;5,8,10,12,18-20H,4H2,1-3H3/t24-,26-,31-,33?;22-,24-,30-,32?;23-,24-,28-,29?;8-,10+,12-,13?/m1111/s1. The molecule has 0 aliphatic carbocycles. The van der Waals surface area contributed by atoms with Crippen LogP contribution in [0.1, 0.15) is 164 Å². The van der Waals surface area contributed by atoms with Crippen molar-refractivity contribution in [2.45, 2.75) is 152 Å². The number of hydrogen-bond acceptors (Lipinski definition) is 36. The van der Waals surface area contributed by atoms with Crippen LogP contribution < -0.4 is 0 Å². The molecule has 149 heavy (non-hydrogen) atoms. The maximum Gasteiger partial charge on any atom is 0.339 e. The summed E-state index contributed by atoms with van der Waals surface area (Å²) in [6, 6.07) is 75.1. The van der Waals surface area contributed by atoms with E-state index in [9.17, 15) is 63.3 Å². The Morgan fingerprint density at radius 2 is 0.624 bits per heavy atom. The summed E-state index contributed by atoms with van der Waals surface area (Å²) in [6.07, 6.45) is -9.30. The highest BCUT2D eigenvalue weighted by atomic mass is 127. The van der Waals surface area contributed by atoms with Gasteiger partial charge in [-0.1, -0.05) is 175 Å². The third kappa shape index (κ3) is 24.0. The van der Waals surface area contributed by atoms with Gasteiger partial charge in [0.1, 0.15) is 78.3 Å². The average Bonchev–Trinajstić information content (AvgIpc) is 1.58. The zero-order valence-corrected chi connectivity index (χ0v) is 85.7. The molecule has 4 aliphatic heterocycles. The third-order valence-corrected chi connectivity index (χ3v) is 25.7. The van der Waals surface area contributed by atoms with Crippen molar-refractivity contribution in [3.63, 3.8) is 0 Å². The summed E-state index contributed by atoms with van der Waals surface area (Å²) in [4.78, 5) is 170. The summed E-state index contributed by atoms with van der Waals surface area (Å²) in [5.41, 5.74) is -0.141. The van der Waals surface area contributed by atoms with E-state index in [1.807, 2.05) is 59.0 Å². The quantitative estimate of drug-likeness (QED) is 0.0149. The molecule has 0 bridgehead atoms. The van der Waals surface area contributed by atoms with Gasteiger partial charge in [0.15, 0.2) is 78.0 Å². The first-order chi connectivity index (χ1) is 71.6. The van der Waals surface area contributed by atoms with Gasteiger partial charge in [0.2, 0.25) is 11.9 Å². The number of aliphatic hydroxyl groups excluding tert-OH is 2. The van der Waals surface area contributed by atoms with Crippen LogP contribution in [-0.4, -0.2) is 238 Å². The minimum atomic E-state index is -1.78. The molecule has 0 saturated carbocycles. The Kier molecular flexibility index (Phi) is 33.5. The van der Waals surface area contributed by atoms with Crippen LogP contribution in [-0.2, 0) is 71.1 Å². The molecular weight excluding hydrogens is 2170 g/mol. The second-order valence-corrected chi connectivity index (χ2v) is 37.3. The van der Waals surface area contributed by atoms with Gasteiger partial charge >= 0.3 is 59.7 Å². The lowest BCUT2D eigenvalue weighted by Gasteiger charge is -2.34. The van der Waals surface area contributed by atoms with Crippen LogP contribution in [0.2, 0.25) is 5.15 Å². The molecule has 4 fully saturated rings. The van der Waals surface area contributed by atoms with Crippen molar-refractivity contribution in [3.05, 3.63) is 372 Å². The van der Waals surface area contributed by atoms with Crippen LogP contribution in [0.25, 0.3) is 33.5 Å². The highest BCUT2D eigenvalue weighted by molar-refractivity contribution is 14.1. The lowest BCUT2D eigenvalue weighted by molar-refractivity contribution is -0.206. The number of imidazole rings is 3. The zero-order valence-electron chi connectivity index (χ0n) is 80.6. The van der Waals surface area contributed by atoms with Gasteiger partial charge in [0, 0.05) is 52.1 Å². The van der Waals surface area contributed by atoms with Gasteiger partial charge in [-0.05, 0) is 158 Å². The Morgan fingerprint density at radius 1 is 0.349 bits per heavy atom. The SMILES string of the molecule is CC(=O)O[C@@H]1O[C@H](COC(=O)c2ccccc2)[C@@H](OC(=O)c2ccccc2)C1(C)OC(=O)c1ccccc1.CC1(OC(=O)c2ccccc2)[C@H](OC(=O)c2ccccc2)[C@@H](COC(=O)c2ccccc2)O[C@H]1n1cnc2c(Cl)nc(I)nc21.Cc1nc(C)c2ncn([C@@H]3O[C@H](CO)[C@H](O)C3(C)O)c2n1.Cc1nc(I)nc2c1ncn2[C@@H]1O[C@H](COC(=O)c2ccccc2)[C@@H](OC(=O)c2ccccc2)C1(C)OC(=O)c1ccccc1. The van der Waals surface area contributed by atoms with Gasteiger partial charge in [-0.3, -0.25) is 18.5 Å². The Bertz CT molecular complexity index is 7080. The molecule has 39 nitrogen and oxygen atoms in total. The topological polar surface area (TPSA) is 491 Å². The van der Waals surface area contributed by atoms with Gasteiger partial charge in [0.05, 0.1) is 87.0 Å². The average molecular weight is 2270 g/mol. The molecule has 4 aliphatic rings. The number of aromatic nitrogens is 12. The van der Waals surface area contributed by atoms with E-state index in [1.54, 1.807) is 303 Å². The number of aryl methyl sites for hydroxylation is 3. The van der Waals surface area contributed by atoms with Crippen molar-refractivity contribution in [1.82, 2.24) is 58.6 Å². The maximum atomic E-state index is 13.6. The first-order valence-corrected chi connectivity index (χ1v) is 48.9. The van der Waals surface area contributed by atoms with E-state index in [1.165, 1.54) is 37.4 Å². The molecule has 4 saturated heterocycles. The maximum absolute atomic E-state index is 13.6. The molecule has 19 rings (SSSR count). The summed E-state index contributed by atoms with van der Waals surface area (Å²) >= 11 is 10.3. The Balaban J connectivity index is 0.000000146. The van der Waals surface area contributed by atoms with Gasteiger partial charge in [0.25, 0.3) is 0 Å². The number of carbonyl (C=O) groups is 10. The molecule has 42 heteroatoms. The molecule has 15 aromatic rings. The number of halogens is 3. The number of hydrogen-bond donors (Lipinski definition) is 3. The van der Waals surface area contributed by atoms with Crippen molar-refractivity contribution >= 4 is 150 Å². The minimum Gasteiger partial charge on any atom is -0.459 e. The first-order valence-electron chi connectivity index (χ1n) is 46.3. The number of fused-ring (bicyclic) bond motifs is 3. The second kappa shape index (κ2) is 46.9. The number of ether oxygens (including phenoxy) is 14. The molecule has 10 heterocycles. The predicted molar refractivity (Wildman–Crippen MR) is 544 cm³/mol. The highest BCUT2D eigenvalue weighted by Crippen LogP contribution is 2.49. The van der Waals surface area contributed by atoms with Crippen LogP contribution in [0, 0.1) is 28.4 Å². The normalized spacial score (nSPS) is 22.9. The fraction of sp³-hybridized carbons (Fsp3) is 0.262. The molecule has 4 unspecified atom stereocenters. The van der Waals surface area contributed by atoms with Crippen LogP contribution in [0.3, 0.4) is 0 Å². The van der Waals surface area contributed by atoms with Gasteiger partial charge in [-0.15, -0.1) is 0 Å². The monoisotopic (exact) mass is 2270 g/mol. The number of benzene rings is 9. The van der Waals surface area contributed by atoms with Gasteiger partial charge in [-0.2, -0.15) is 0 Å². The van der Waals surface area contributed by atoms with Crippen LogP contribution in [0.5, 0.6) is 0 Å². The lowest BCUT2D eigenvalue weighted by Crippen LogP contribution is -2.52. The van der Waals surface area contributed by atoms with Crippen molar-refractivity contribution < 1.29 is 130 Å². The molecular formula is C107H95ClI2N12O27. The van der Waals surface area contributed by atoms with Crippen LogP contribution >= 0.6 is 56.8 Å². The molecule has 0 amide bonds. The molecule has 6 aromatic heterocycles. The molecule has 0 radical (unpaired) electrons. The van der Waals surface area contributed by atoms with Crippen molar-refractivity contribution in [1.29, 1.82) is 0 Å². The smallest absolute Gasteiger partial charge is 0.339 e. The zero-order chi connectivity index (χ0) is 106. The summed E-state index contributed by atoms with van der Waals surface area (Å²) in [5, 5.41) is 29.9. The van der Waals surface area contributed by atoms with Gasteiger partial charge < -0.3 is 81.6 Å². The molecule has 16 atom stereocenters. The van der Waals surface area contributed by atoms with E-state index in [-0.39, 0.29) is 70.5 Å². The fourth-order valence-electron chi connectivity index (χ4n) is 17.1. The van der Waals surface area contributed by atoms with E-state index in [0.29, 0.717) is 63.8 Å². The second-order valence-electron chi connectivity index (χ2n) is 35.0. The van der Waals surface area contributed by atoms with Crippen LogP contribution in [0.15, 0.2) is 292 Å². The van der Waals surface area contributed by atoms with E-state index >= 15 is 0 Å². The van der Waals surface area contributed by atoms with E-state index in [0.717, 1.165) is 12.6 Å². The molecule has 0 spiro atoms. The summed E-state index contributed by atoms with van der Waals surface area (Å²) in [6.45, 7) is 11.3. The summed E-state index contributed by atoms with van der Waals surface area (Å²) in [5.74, 6) is -6.19. The Hall–Kier alpha value is -15.2. The number of rotatable bonds is 26. The number of nitrogens with zero attached hydrogens (tertiary/aromatic N) is 12. The molecule has 766 valence electrons. The predicted octanol–water partition coefficient (Wildman–Crippen LogP) is 14.4. The number of carbonyl (C=O) groups excluding carboxylic acids is 10. The number of esters is 10. The third-order valence-electron chi connectivity index (χ3n) is 24.5. The van der Waals surface area contributed by atoms with E-state index < -0.39 is 156 Å². The van der Waals surface area contributed by atoms with Gasteiger partial charge in [-0.25, -0.2) is 88.0 Å². The molecule has 3 N–H and O–H groups in total. The largest absolute Gasteiger partial charge is 0.459 e. The summed E-state index contributed by atoms with van der Waals surface area (Å²) < 4.78 is 88.2. The van der Waals surface area contributed by atoms with Crippen molar-refractivity contribution in [2.75, 3.05) is 26.4 Å². The fourth-order valence-corrected chi connectivity index (χ4v) is 18.5. The lowest BCUT2D eigenvalue weighted by atomic mass is 9.95. The van der Waals surface area contributed by atoms with Crippen molar-refractivity contribution in [3.8, 4) is 0 Å². The van der Waals surface area contributed by atoms with E-state index in [4.69, 9.17) is 77.9 Å². The molecule has 9 aromatic carbocycles. The summed E-state index contributed by atoms with van der Waals surface area (Å²) in [7, 11) is 0. The Labute approximate surface area is 882 Å². The number of aliphatic hydroxyl groups is 3. The van der Waals surface area contributed by atoms with Crippen molar-refractivity contribution in [2.24, 2.45) is 0 Å². The highest BCUT2D eigenvalue weighted by Gasteiger charge is 2.65. The Morgan fingerprint density at radius 3 is 0.960 bits per heavy atom. The van der Waals surface area contributed by atoms with E-state index in [2.05, 4.69) is 44.9 Å². The minimum absolute atomic E-state index is 0.115.